The Morgan fingerprint density at radius 2 is 1.73 bits per heavy atom. The van der Waals surface area contributed by atoms with Gasteiger partial charge in [0, 0.05) is 18.0 Å². The quantitative estimate of drug-likeness (QED) is 0.842. The van der Waals surface area contributed by atoms with Gasteiger partial charge in [-0.25, -0.2) is 0 Å². The van der Waals surface area contributed by atoms with Crippen molar-refractivity contribution in [2.24, 2.45) is 5.92 Å². The van der Waals surface area contributed by atoms with Crippen molar-refractivity contribution in [2.75, 3.05) is 20.6 Å². The summed E-state index contributed by atoms with van der Waals surface area (Å²) in [6, 6.07) is 20.1. The number of hydrogen-bond acceptors (Lipinski definition) is 2. The van der Waals surface area contributed by atoms with Gasteiger partial charge in [-0.15, -0.1) is 0 Å². The molecule has 2 unspecified atom stereocenters. The van der Waals surface area contributed by atoms with Crippen LogP contribution in [0.1, 0.15) is 30.4 Å². The number of aliphatic hydroxyl groups is 1. The predicted molar refractivity (Wildman–Crippen MR) is 109 cm³/mol. The lowest BCUT2D eigenvalue weighted by Gasteiger charge is -2.40. The molecule has 0 amide bonds. The Hall–Kier alpha value is -2.34. The number of nitrogens with zero attached hydrogens (tertiary/aromatic N) is 1. The van der Waals surface area contributed by atoms with Gasteiger partial charge >= 0.3 is 0 Å². The molecule has 2 aromatic carbocycles. The van der Waals surface area contributed by atoms with E-state index < -0.39 is 5.60 Å². The van der Waals surface area contributed by atoms with Crippen LogP contribution in [0.3, 0.4) is 0 Å². The van der Waals surface area contributed by atoms with Gasteiger partial charge in [0.1, 0.15) is 0 Å². The Kier molecular flexibility index (Phi) is 5.93. The fourth-order valence-corrected chi connectivity index (χ4v) is 3.67. The maximum Gasteiger partial charge on any atom is 0.151 e. The van der Waals surface area contributed by atoms with Gasteiger partial charge in [-0.3, -0.25) is 0 Å². The lowest BCUT2D eigenvalue weighted by atomic mass is 9.71. The van der Waals surface area contributed by atoms with Gasteiger partial charge in [0.2, 0.25) is 0 Å². The molecule has 1 fully saturated rings. The summed E-state index contributed by atoms with van der Waals surface area (Å²) < 4.78 is 0. The minimum atomic E-state index is -1.09. The van der Waals surface area contributed by atoms with Crippen LogP contribution in [0, 0.1) is 17.8 Å². The van der Waals surface area contributed by atoms with E-state index in [1.807, 2.05) is 48.5 Å². The van der Waals surface area contributed by atoms with E-state index in [1.165, 1.54) is 0 Å². The Balaban J connectivity index is 2.01. The van der Waals surface area contributed by atoms with E-state index in [9.17, 15) is 5.11 Å². The van der Waals surface area contributed by atoms with Crippen LogP contribution in [-0.4, -0.2) is 36.2 Å². The molecule has 0 saturated heterocycles. The largest absolute Gasteiger partial charge is 0.373 e. The van der Waals surface area contributed by atoms with Crippen molar-refractivity contribution in [1.29, 1.82) is 0 Å². The lowest BCUT2D eigenvalue weighted by Crippen LogP contribution is -2.46. The molecule has 1 aliphatic rings. The predicted octanol–water partition coefficient (Wildman–Crippen LogP) is 4.21. The van der Waals surface area contributed by atoms with E-state index in [0.717, 1.165) is 42.5 Å². The van der Waals surface area contributed by atoms with Gasteiger partial charge in [-0.05, 0) is 56.6 Å². The Morgan fingerprint density at radius 3 is 2.38 bits per heavy atom. The van der Waals surface area contributed by atoms with Crippen molar-refractivity contribution >= 4 is 6.08 Å². The van der Waals surface area contributed by atoms with Crippen LogP contribution in [0.5, 0.6) is 0 Å². The zero-order valence-corrected chi connectivity index (χ0v) is 15.7. The highest BCUT2D eigenvalue weighted by atomic mass is 16.3. The van der Waals surface area contributed by atoms with Gasteiger partial charge in [0.25, 0.3) is 0 Å². The topological polar surface area (TPSA) is 23.5 Å². The first-order chi connectivity index (χ1) is 12.6. The molecule has 0 aromatic heterocycles. The summed E-state index contributed by atoms with van der Waals surface area (Å²) in [5.74, 6) is 6.57. The highest BCUT2D eigenvalue weighted by molar-refractivity contribution is 5.58. The lowest BCUT2D eigenvalue weighted by molar-refractivity contribution is 0.0374. The average Bonchev–Trinajstić information content (AvgIpc) is 2.65. The molecule has 2 heteroatoms. The van der Waals surface area contributed by atoms with E-state index >= 15 is 0 Å². The molecule has 1 aliphatic carbocycles. The molecule has 2 nitrogen and oxygen atoms in total. The van der Waals surface area contributed by atoms with E-state index in [-0.39, 0.29) is 5.92 Å². The van der Waals surface area contributed by atoms with Crippen molar-refractivity contribution in [1.82, 2.24) is 4.90 Å². The molecule has 0 radical (unpaired) electrons. The zero-order valence-electron chi connectivity index (χ0n) is 15.7. The monoisotopic (exact) mass is 345 g/mol. The Bertz CT molecular complexity index is 798. The Labute approximate surface area is 157 Å². The summed E-state index contributed by atoms with van der Waals surface area (Å²) in [6.07, 6.45) is 5.09. The van der Waals surface area contributed by atoms with Crippen molar-refractivity contribution in [3.8, 4) is 11.8 Å². The highest BCUT2D eigenvalue weighted by Gasteiger charge is 2.41. The fraction of sp³-hybridized carbons (Fsp3) is 0.333. The Morgan fingerprint density at radius 1 is 1.08 bits per heavy atom. The minimum absolute atomic E-state index is 0.109. The van der Waals surface area contributed by atoms with E-state index in [4.69, 9.17) is 0 Å². The summed E-state index contributed by atoms with van der Waals surface area (Å²) in [4.78, 5) is 2.14. The number of benzene rings is 2. The van der Waals surface area contributed by atoms with Gasteiger partial charge < -0.3 is 10.0 Å². The first-order valence-corrected chi connectivity index (χ1v) is 9.29. The molecule has 0 heterocycles. The van der Waals surface area contributed by atoms with Gasteiger partial charge in [0.15, 0.2) is 5.60 Å². The van der Waals surface area contributed by atoms with Crippen molar-refractivity contribution in [2.45, 2.75) is 24.9 Å². The third kappa shape index (κ3) is 4.43. The molecule has 134 valence electrons. The molecule has 0 spiro atoms. The van der Waals surface area contributed by atoms with E-state index in [2.05, 4.69) is 49.0 Å². The second-order valence-electron chi connectivity index (χ2n) is 7.31. The number of hydrogen-bond donors (Lipinski definition) is 1. The normalized spacial score (nSPS) is 24.3. The van der Waals surface area contributed by atoms with E-state index in [1.54, 1.807) is 0 Å². The maximum atomic E-state index is 11.7. The second-order valence-corrected chi connectivity index (χ2v) is 7.31. The molecule has 1 N–H and O–H groups in total. The van der Waals surface area contributed by atoms with Crippen LogP contribution < -0.4 is 0 Å². The molecule has 1 saturated carbocycles. The molecule has 2 aromatic rings. The molecule has 2 atom stereocenters. The molecular formula is C24H27NO. The zero-order chi connectivity index (χ0) is 18.4. The van der Waals surface area contributed by atoms with Crippen molar-refractivity contribution in [3.05, 3.63) is 77.4 Å². The van der Waals surface area contributed by atoms with E-state index in [0.29, 0.717) is 0 Å². The number of rotatable bonds is 3. The summed E-state index contributed by atoms with van der Waals surface area (Å²) in [6.45, 7) is 0.825. The fourth-order valence-electron chi connectivity index (χ4n) is 3.67. The molecule has 0 bridgehead atoms. The summed E-state index contributed by atoms with van der Waals surface area (Å²) in [5.41, 5.74) is 2.00. The van der Waals surface area contributed by atoms with Gasteiger partial charge in [-0.1, -0.05) is 66.4 Å². The average molecular weight is 345 g/mol. The molecule has 26 heavy (non-hydrogen) atoms. The molecular weight excluding hydrogens is 318 g/mol. The van der Waals surface area contributed by atoms with Gasteiger partial charge in [0.05, 0.1) is 0 Å². The van der Waals surface area contributed by atoms with Crippen molar-refractivity contribution in [3.63, 3.8) is 0 Å². The second kappa shape index (κ2) is 8.36. The first-order valence-electron chi connectivity index (χ1n) is 9.29. The SMILES string of the molecule is CN(C)CC1CCC/C(=C\c2ccccc2)C1(O)C#Cc1ccccc1. The molecule has 0 aliphatic heterocycles. The standard InChI is InChI=1S/C24H27NO/c1-25(2)19-23-15-9-14-22(18-21-12-7-4-8-13-21)24(23,26)17-16-20-10-5-3-6-11-20/h3-8,10-13,18,23,26H,9,14-15,19H2,1-2H3/b22-18+. The van der Waals surface area contributed by atoms with Crippen LogP contribution in [-0.2, 0) is 0 Å². The molecule has 3 rings (SSSR count). The van der Waals surface area contributed by atoms with Crippen LogP contribution in [0.4, 0.5) is 0 Å². The summed E-state index contributed by atoms with van der Waals surface area (Å²) in [5, 5.41) is 11.7. The third-order valence-electron chi connectivity index (χ3n) is 4.98. The summed E-state index contributed by atoms with van der Waals surface area (Å²) >= 11 is 0. The maximum absolute atomic E-state index is 11.7. The van der Waals surface area contributed by atoms with Crippen LogP contribution in [0.2, 0.25) is 0 Å². The third-order valence-corrected chi connectivity index (χ3v) is 4.98. The van der Waals surface area contributed by atoms with Gasteiger partial charge in [-0.2, -0.15) is 0 Å². The van der Waals surface area contributed by atoms with Crippen LogP contribution >= 0.6 is 0 Å². The van der Waals surface area contributed by atoms with Crippen LogP contribution in [0.25, 0.3) is 6.08 Å². The van der Waals surface area contributed by atoms with Crippen LogP contribution in [0.15, 0.2) is 66.2 Å². The van der Waals surface area contributed by atoms with Crippen molar-refractivity contribution < 1.29 is 5.11 Å². The highest BCUT2D eigenvalue weighted by Crippen LogP contribution is 2.39. The minimum Gasteiger partial charge on any atom is -0.373 e. The summed E-state index contributed by atoms with van der Waals surface area (Å²) in [7, 11) is 4.11. The first kappa shape index (κ1) is 18.5. The smallest absolute Gasteiger partial charge is 0.151 e.